The number of benzene rings is 2. The van der Waals surface area contributed by atoms with Crippen molar-refractivity contribution in [2.75, 3.05) is 6.54 Å². The summed E-state index contributed by atoms with van der Waals surface area (Å²) in [5.74, 6) is -0.345. The number of hydrogen-bond donors (Lipinski definition) is 0. The summed E-state index contributed by atoms with van der Waals surface area (Å²) in [6, 6.07) is 12.2. The Balaban J connectivity index is 2.05. The predicted molar refractivity (Wildman–Crippen MR) is 98.1 cm³/mol. The third kappa shape index (κ3) is 5.95. The molecule has 0 aliphatic heterocycles. The molecule has 6 heteroatoms. The van der Waals surface area contributed by atoms with E-state index in [0.717, 1.165) is 30.4 Å². The second-order valence-corrected chi connectivity index (χ2v) is 6.25. The third-order valence-corrected chi connectivity index (χ3v) is 4.17. The molecule has 0 fully saturated rings. The van der Waals surface area contributed by atoms with E-state index in [-0.39, 0.29) is 23.8 Å². The fraction of sp³-hybridized carbons (Fsp3) is 0.350. The van der Waals surface area contributed by atoms with Gasteiger partial charge in [0.15, 0.2) is 0 Å². The van der Waals surface area contributed by atoms with E-state index in [4.69, 9.17) is 0 Å². The van der Waals surface area contributed by atoms with Crippen molar-refractivity contribution >= 4 is 11.6 Å². The number of non-ortho nitro benzene ring substituents is 1. The van der Waals surface area contributed by atoms with Crippen LogP contribution in [0.3, 0.4) is 0 Å². The Kier molecular flexibility index (Phi) is 7.26. The van der Waals surface area contributed by atoms with E-state index in [1.807, 2.05) is 0 Å². The minimum absolute atomic E-state index is 0.00677. The second kappa shape index (κ2) is 9.65. The Morgan fingerprint density at radius 1 is 1.04 bits per heavy atom. The molecule has 0 saturated carbocycles. The van der Waals surface area contributed by atoms with Crippen LogP contribution in [0.25, 0.3) is 0 Å². The highest BCUT2D eigenvalue weighted by molar-refractivity contribution is 5.78. The van der Waals surface area contributed by atoms with Crippen molar-refractivity contribution in [2.24, 2.45) is 0 Å². The average Bonchev–Trinajstić information content (AvgIpc) is 2.63. The van der Waals surface area contributed by atoms with Crippen LogP contribution in [0, 0.1) is 15.9 Å². The molecule has 26 heavy (non-hydrogen) atoms. The molecular weight excluding hydrogens is 335 g/mol. The first kappa shape index (κ1) is 19.6. The number of carbonyl (C=O) groups excluding carboxylic acids is 1. The molecule has 0 spiro atoms. The number of amides is 1. The number of nitro groups is 1. The van der Waals surface area contributed by atoms with Crippen molar-refractivity contribution in [3.05, 3.63) is 75.6 Å². The molecule has 0 N–H and O–H groups in total. The quantitative estimate of drug-likeness (QED) is 0.377. The van der Waals surface area contributed by atoms with Gasteiger partial charge >= 0.3 is 0 Å². The lowest BCUT2D eigenvalue weighted by Gasteiger charge is -2.23. The zero-order chi connectivity index (χ0) is 18.9. The number of nitrogens with zero attached hydrogens (tertiary/aromatic N) is 2. The maximum absolute atomic E-state index is 13.1. The van der Waals surface area contributed by atoms with Crippen LogP contribution in [0.5, 0.6) is 0 Å². The van der Waals surface area contributed by atoms with E-state index in [9.17, 15) is 19.3 Å². The number of rotatable bonds is 9. The van der Waals surface area contributed by atoms with E-state index >= 15 is 0 Å². The van der Waals surface area contributed by atoms with Crippen LogP contribution < -0.4 is 0 Å². The first-order valence-electron chi connectivity index (χ1n) is 8.75. The molecule has 0 saturated heterocycles. The molecular formula is C20H23FN2O3. The minimum Gasteiger partial charge on any atom is -0.338 e. The molecule has 0 aromatic heterocycles. The standard InChI is InChI=1S/C20H23FN2O3/c1-2-3-4-13-22(15-17-5-9-18(21)10-6-17)20(24)14-16-7-11-19(12-8-16)23(25)26/h5-12H,2-4,13-15H2,1H3. The molecule has 0 unspecified atom stereocenters. The predicted octanol–water partition coefficient (Wildman–Crippen LogP) is 4.50. The van der Waals surface area contributed by atoms with Gasteiger partial charge in [0.2, 0.25) is 5.91 Å². The molecule has 2 aromatic rings. The van der Waals surface area contributed by atoms with E-state index < -0.39 is 4.92 Å². The van der Waals surface area contributed by atoms with E-state index in [0.29, 0.717) is 13.1 Å². The van der Waals surface area contributed by atoms with Gasteiger partial charge in [-0.3, -0.25) is 14.9 Å². The second-order valence-electron chi connectivity index (χ2n) is 6.25. The Hall–Kier alpha value is -2.76. The van der Waals surface area contributed by atoms with Gasteiger partial charge in [0.1, 0.15) is 5.82 Å². The first-order chi connectivity index (χ1) is 12.5. The topological polar surface area (TPSA) is 63.5 Å². The summed E-state index contributed by atoms with van der Waals surface area (Å²) in [6.45, 7) is 3.16. The van der Waals surface area contributed by atoms with Gasteiger partial charge in [-0.1, -0.05) is 44.0 Å². The molecule has 0 aliphatic carbocycles. The molecule has 2 aromatic carbocycles. The van der Waals surface area contributed by atoms with Crippen LogP contribution in [0.4, 0.5) is 10.1 Å². The van der Waals surface area contributed by atoms with Crippen LogP contribution >= 0.6 is 0 Å². The Morgan fingerprint density at radius 2 is 1.65 bits per heavy atom. The van der Waals surface area contributed by atoms with E-state index in [1.54, 1.807) is 29.2 Å². The van der Waals surface area contributed by atoms with Crippen LogP contribution in [0.2, 0.25) is 0 Å². The van der Waals surface area contributed by atoms with Crippen molar-refractivity contribution in [2.45, 2.75) is 39.2 Å². The molecule has 0 bridgehead atoms. The Bertz CT molecular complexity index is 730. The SMILES string of the molecule is CCCCCN(Cc1ccc(F)cc1)C(=O)Cc1ccc([N+](=O)[O-])cc1. The monoisotopic (exact) mass is 358 g/mol. The van der Waals surface area contributed by atoms with Crippen molar-refractivity contribution in [1.29, 1.82) is 0 Å². The molecule has 1 amide bonds. The van der Waals surface area contributed by atoms with Gasteiger partial charge in [-0.15, -0.1) is 0 Å². The minimum atomic E-state index is -0.461. The number of nitro benzene ring substituents is 1. The molecule has 0 heterocycles. The highest BCUT2D eigenvalue weighted by atomic mass is 19.1. The third-order valence-electron chi connectivity index (χ3n) is 4.17. The van der Waals surface area contributed by atoms with Gasteiger partial charge < -0.3 is 4.90 Å². The highest BCUT2D eigenvalue weighted by Gasteiger charge is 2.15. The summed E-state index contributed by atoms with van der Waals surface area (Å²) >= 11 is 0. The molecule has 138 valence electrons. The summed E-state index contributed by atoms with van der Waals surface area (Å²) in [6.07, 6.45) is 3.18. The molecule has 5 nitrogen and oxygen atoms in total. The molecule has 0 aliphatic rings. The van der Waals surface area contributed by atoms with Crippen LogP contribution in [0.15, 0.2) is 48.5 Å². The van der Waals surface area contributed by atoms with Gasteiger partial charge in [0, 0.05) is 25.2 Å². The van der Waals surface area contributed by atoms with E-state index in [1.165, 1.54) is 24.3 Å². The van der Waals surface area contributed by atoms with Crippen LogP contribution in [-0.2, 0) is 17.8 Å². The van der Waals surface area contributed by atoms with Crippen LogP contribution in [0.1, 0.15) is 37.3 Å². The smallest absolute Gasteiger partial charge is 0.269 e. The maximum atomic E-state index is 13.1. The number of halogens is 1. The highest BCUT2D eigenvalue weighted by Crippen LogP contribution is 2.15. The van der Waals surface area contributed by atoms with Gasteiger partial charge in [0.25, 0.3) is 5.69 Å². The zero-order valence-corrected chi connectivity index (χ0v) is 14.9. The normalized spacial score (nSPS) is 10.5. The summed E-state index contributed by atoms with van der Waals surface area (Å²) in [5.41, 5.74) is 1.62. The van der Waals surface area contributed by atoms with Gasteiger partial charge in [-0.2, -0.15) is 0 Å². The fourth-order valence-corrected chi connectivity index (χ4v) is 2.68. The lowest BCUT2D eigenvalue weighted by Crippen LogP contribution is -2.32. The average molecular weight is 358 g/mol. The first-order valence-corrected chi connectivity index (χ1v) is 8.75. The summed E-state index contributed by atoms with van der Waals surface area (Å²) in [7, 11) is 0. The summed E-state index contributed by atoms with van der Waals surface area (Å²) < 4.78 is 13.1. The van der Waals surface area contributed by atoms with Crippen molar-refractivity contribution in [3.63, 3.8) is 0 Å². The fourth-order valence-electron chi connectivity index (χ4n) is 2.68. The number of carbonyl (C=O) groups is 1. The summed E-state index contributed by atoms with van der Waals surface area (Å²) in [4.78, 5) is 24.7. The molecule has 0 atom stereocenters. The van der Waals surface area contributed by atoms with E-state index in [2.05, 4.69) is 6.92 Å². The number of unbranched alkanes of at least 4 members (excludes halogenated alkanes) is 2. The summed E-state index contributed by atoms with van der Waals surface area (Å²) in [5, 5.41) is 10.7. The Labute approximate surface area is 152 Å². The van der Waals surface area contributed by atoms with Gasteiger partial charge in [-0.25, -0.2) is 4.39 Å². The van der Waals surface area contributed by atoms with Gasteiger partial charge in [0.05, 0.1) is 11.3 Å². The van der Waals surface area contributed by atoms with Gasteiger partial charge in [-0.05, 0) is 29.7 Å². The maximum Gasteiger partial charge on any atom is 0.269 e. The molecule has 0 radical (unpaired) electrons. The van der Waals surface area contributed by atoms with Crippen molar-refractivity contribution in [1.82, 2.24) is 4.90 Å². The zero-order valence-electron chi connectivity index (χ0n) is 14.9. The Morgan fingerprint density at radius 3 is 2.23 bits per heavy atom. The lowest BCUT2D eigenvalue weighted by atomic mass is 10.1. The van der Waals surface area contributed by atoms with Crippen LogP contribution in [-0.4, -0.2) is 22.3 Å². The van der Waals surface area contributed by atoms with Crippen molar-refractivity contribution < 1.29 is 14.1 Å². The lowest BCUT2D eigenvalue weighted by molar-refractivity contribution is -0.384. The molecule has 2 rings (SSSR count). The number of hydrogen-bond acceptors (Lipinski definition) is 3. The van der Waals surface area contributed by atoms with Crippen molar-refractivity contribution in [3.8, 4) is 0 Å². The largest absolute Gasteiger partial charge is 0.338 e.